The van der Waals surface area contributed by atoms with E-state index < -0.39 is 15.9 Å². The van der Waals surface area contributed by atoms with Crippen LogP contribution in [0.25, 0.3) is 0 Å². The Bertz CT molecular complexity index is 1150. The van der Waals surface area contributed by atoms with E-state index in [-0.39, 0.29) is 40.6 Å². The lowest BCUT2D eigenvalue weighted by Gasteiger charge is -2.31. The SMILES string of the molecule is CCc1ccc(NC(=O)[C@@H]2CCCN(S(=O)(=O)c3cc4c(cc3Cl)NC(=O)CO4)C2)cc1. The van der Waals surface area contributed by atoms with E-state index in [1.807, 2.05) is 24.3 Å². The highest BCUT2D eigenvalue weighted by Gasteiger charge is 2.35. The largest absolute Gasteiger partial charge is 0.482 e. The third-order valence-electron chi connectivity index (χ3n) is 5.67. The van der Waals surface area contributed by atoms with Crippen LogP contribution in [0.2, 0.25) is 5.02 Å². The normalized spacial score (nSPS) is 18.9. The standard InChI is InChI=1S/C22H24ClN3O5S/c1-2-14-5-7-16(8-6-14)24-22(28)15-4-3-9-26(12-15)32(29,30)20-11-19-18(10-17(20)23)25-21(27)13-31-19/h5-8,10-11,15H,2-4,9,12-13H2,1H3,(H,24,28)(H,25,27)/t15-/m1/s1. The second-order valence-corrected chi connectivity index (χ2v) is 10.2. The number of hydrogen-bond donors (Lipinski definition) is 2. The number of aryl methyl sites for hydroxylation is 1. The number of rotatable bonds is 5. The van der Waals surface area contributed by atoms with Crippen molar-refractivity contribution in [3.8, 4) is 5.75 Å². The molecule has 2 aromatic carbocycles. The highest BCUT2D eigenvalue weighted by Crippen LogP contribution is 2.37. The zero-order valence-electron chi connectivity index (χ0n) is 17.6. The molecule has 0 aromatic heterocycles. The number of carbonyl (C=O) groups is 2. The van der Waals surface area contributed by atoms with Crippen molar-refractivity contribution >= 4 is 44.8 Å². The van der Waals surface area contributed by atoms with Crippen LogP contribution in [-0.4, -0.2) is 44.2 Å². The van der Waals surface area contributed by atoms with Crippen molar-refractivity contribution in [1.29, 1.82) is 0 Å². The maximum atomic E-state index is 13.3. The second-order valence-electron chi connectivity index (χ2n) is 7.86. The van der Waals surface area contributed by atoms with Crippen LogP contribution in [0.1, 0.15) is 25.3 Å². The summed E-state index contributed by atoms with van der Waals surface area (Å²) in [5.41, 5.74) is 2.18. The first-order valence-corrected chi connectivity index (χ1v) is 12.3. The van der Waals surface area contributed by atoms with E-state index in [1.54, 1.807) is 0 Å². The topological polar surface area (TPSA) is 105 Å². The van der Waals surface area contributed by atoms with Crippen LogP contribution in [0.15, 0.2) is 41.3 Å². The van der Waals surface area contributed by atoms with E-state index in [4.69, 9.17) is 16.3 Å². The monoisotopic (exact) mass is 477 g/mol. The van der Waals surface area contributed by atoms with Gasteiger partial charge in [-0.3, -0.25) is 9.59 Å². The quantitative estimate of drug-likeness (QED) is 0.687. The number of sulfonamides is 1. The number of nitrogens with zero attached hydrogens (tertiary/aromatic N) is 1. The molecule has 2 aliphatic rings. The fraction of sp³-hybridized carbons (Fsp3) is 0.364. The summed E-state index contributed by atoms with van der Waals surface area (Å²) in [5.74, 6) is -0.777. The minimum absolute atomic E-state index is 0.0165. The van der Waals surface area contributed by atoms with Gasteiger partial charge < -0.3 is 15.4 Å². The van der Waals surface area contributed by atoms with E-state index in [0.29, 0.717) is 30.8 Å². The van der Waals surface area contributed by atoms with Crippen molar-refractivity contribution in [2.45, 2.75) is 31.1 Å². The van der Waals surface area contributed by atoms with Crippen molar-refractivity contribution < 1.29 is 22.7 Å². The predicted molar refractivity (Wildman–Crippen MR) is 122 cm³/mol. The summed E-state index contributed by atoms with van der Waals surface area (Å²) in [7, 11) is -3.96. The summed E-state index contributed by atoms with van der Waals surface area (Å²) < 4.78 is 33.3. The average molecular weight is 478 g/mol. The number of fused-ring (bicyclic) bond motifs is 1. The Labute approximate surface area is 191 Å². The van der Waals surface area contributed by atoms with Gasteiger partial charge in [0.2, 0.25) is 15.9 Å². The molecule has 8 nitrogen and oxygen atoms in total. The molecule has 2 heterocycles. The maximum Gasteiger partial charge on any atom is 0.262 e. The molecule has 2 amide bonds. The molecule has 1 atom stereocenters. The predicted octanol–water partition coefficient (Wildman–Crippen LogP) is 3.27. The summed E-state index contributed by atoms with van der Waals surface area (Å²) in [6.45, 7) is 2.22. The maximum absolute atomic E-state index is 13.3. The van der Waals surface area contributed by atoms with E-state index in [9.17, 15) is 18.0 Å². The molecule has 170 valence electrons. The van der Waals surface area contributed by atoms with Crippen LogP contribution < -0.4 is 15.4 Å². The number of amides is 2. The first kappa shape index (κ1) is 22.6. The van der Waals surface area contributed by atoms with Crippen molar-refractivity contribution in [3.05, 3.63) is 47.0 Å². The lowest BCUT2D eigenvalue weighted by atomic mass is 9.98. The number of carbonyl (C=O) groups excluding carboxylic acids is 2. The van der Waals surface area contributed by atoms with Gasteiger partial charge in [0.1, 0.15) is 10.6 Å². The Hall–Kier alpha value is -2.62. The zero-order valence-corrected chi connectivity index (χ0v) is 19.1. The van der Waals surface area contributed by atoms with Gasteiger partial charge in [-0.2, -0.15) is 4.31 Å². The Balaban J connectivity index is 1.51. The van der Waals surface area contributed by atoms with Gasteiger partial charge >= 0.3 is 0 Å². The molecule has 4 rings (SSSR count). The number of hydrogen-bond acceptors (Lipinski definition) is 5. The van der Waals surface area contributed by atoms with Crippen LogP contribution in [0.3, 0.4) is 0 Å². The van der Waals surface area contributed by atoms with Crippen molar-refractivity contribution in [2.24, 2.45) is 5.92 Å². The van der Waals surface area contributed by atoms with E-state index in [1.165, 1.54) is 22.0 Å². The van der Waals surface area contributed by atoms with Crippen LogP contribution in [0.5, 0.6) is 5.75 Å². The second kappa shape index (κ2) is 9.09. The van der Waals surface area contributed by atoms with Crippen molar-refractivity contribution in [2.75, 3.05) is 30.3 Å². The number of benzene rings is 2. The van der Waals surface area contributed by atoms with E-state index >= 15 is 0 Å². The van der Waals surface area contributed by atoms with Gasteiger partial charge in [-0.05, 0) is 43.0 Å². The van der Waals surface area contributed by atoms with Gasteiger partial charge in [-0.1, -0.05) is 30.7 Å². The van der Waals surface area contributed by atoms with Crippen LogP contribution in [0, 0.1) is 5.92 Å². The summed E-state index contributed by atoms with van der Waals surface area (Å²) in [6.07, 6.45) is 2.06. The first-order chi connectivity index (χ1) is 15.3. The van der Waals surface area contributed by atoms with Crippen molar-refractivity contribution in [3.63, 3.8) is 0 Å². The Morgan fingerprint density at radius 3 is 2.75 bits per heavy atom. The third-order valence-corrected chi connectivity index (χ3v) is 8.00. The van der Waals surface area contributed by atoms with Crippen LogP contribution in [-0.2, 0) is 26.0 Å². The number of nitrogens with one attached hydrogen (secondary N) is 2. The van der Waals surface area contributed by atoms with Gasteiger partial charge in [0.25, 0.3) is 5.91 Å². The molecule has 0 unspecified atom stereocenters. The molecular formula is C22H24ClN3O5S. The smallest absolute Gasteiger partial charge is 0.262 e. The molecule has 0 radical (unpaired) electrons. The minimum Gasteiger partial charge on any atom is -0.482 e. The van der Waals surface area contributed by atoms with Gasteiger partial charge in [-0.15, -0.1) is 0 Å². The molecule has 2 aliphatic heterocycles. The van der Waals surface area contributed by atoms with Gasteiger partial charge in [0.05, 0.1) is 16.6 Å². The van der Waals surface area contributed by atoms with Gasteiger partial charge in [-0.25, -0.2) is 8.42 Å². The fourth-order valence-electron chi connectivity index (χ4n) is 3.86. The summed E-state index contributed by atoms with van der Waals surface area (Å²) in [5, 5.41) is 5.47. The molecule has 0 saturated carbocycles. The molecule has 1 fully saturated rings. The average Bonchev–Trinajstić information content (AvgIpc) is 2.79. The van der Waals surface area contributed by atoms with Crippen LogP contribution in [0.4, 0.5) is 11.4 Å². The van der Waals surface area contributed by atoms with E-state index in [0.717, 1.165) is 6.42 Å². The molecule has 2 N–H and O–H groups in total. The summed E-state index contributed by atoms with van der Waals surface area (Å²) in [6, 6.07) is 10.3. The van der Waals surface area contributed by atoms with Gasteiger partial charge in [0, 0.05) is 24.8 Å². The van der Waals surface area contributed by atoms with Crippen LogP contribution >= 0.6 is 11.6 Å². The number of halogens is 1. The first-order valence-electron chi connectivity index (χ1n) is 10.4. The third kappa shape index (κ3) is 4.60. The molecular weight excluding hydrogens is 454 g/mol. The molecule has 32 heavy (non-hydrogen) atoms. The molecule has 0 bridgehead atoms. The number of anilines is 2. The Morgan fingerprint density at radius 1 is 1.28 bits per heavy atom. The number of ether oxygens (including phenoxy) is 1. The summed E-state index contributed by atoms with van der Waals surface area (Å²) >= 11 is 6.25. The lowest BCUT2D eigenvalue weighted by molar-refractivity contribution is -0.121. The molecule has 0 aliphatic carbocycles. The van der Waals surface area contributed by atoms with Crippen molar-refractivity contribution in [1.82, 2.24) is 4.31 Å². The Kier molecular flexibility index (Phi) is 6.41. The zero-order chi connectivity index (χ0) is 22.9. The highest BCUT2D eigenvalue weighted by atomic mass is 35.5. The minimum atomic E-state index is -3.96. The van der Waals surface area contributed by atoms with Gasteiger partial charge in [0.15, 0.2) is 6.61 Å². The molecule has 10 heteroatoms. The molecule has 2 aromatic rings. The molecule has 1 saturated heterocycles. The van der Waals surface area contributed by atoms with E-state index in [2.05, 4.69) is 17.6 Å². The molecule has 0 spiro atoms. The number of piperidine rings is 1. The summed E-state index contributed by atoms with van der Waals surface area (Å²) in [4.78, 5) is 24.2. The Morgan fingerprint density at radius 2 is 2.03 bits per heavy atom. The fourth-order valence-corrected chi connectivity index (χ4v) is 5.90. The lowest BCUT2D eigenvalue weighted by Crippen LogP contribution is -2.43. The highest BCUT2D eigenvalue weighted by molar-refractivity contribution is 7.89.